The number of hydrogen-bond acceptors (Lipinski definition) is 1. The van der Waals surface area contributed by atoms with E-state index in [1.54, 1.807) is 0 Å². The summed E-state index contributed by atoms with van der Waals surface area (Å²) in [5, 5.41) is 9.43. The molecule has 0 bridgehead atoms. The van der Waals surface area contributed by atoms with E-state index in [0.29, 0.717) is 5.92 Å². The summed E-state index contributed by atoms with van der Waals surface area (Å²) in [5.41, 5.74) is 0. The maximum atomic E-state index is 9.43. The molecule has 0 aromatic rings. The van der Waals surface area contributed by atoms with Crippen LogP contribution in [-0.4, -0.2) is 11.2 Å². The van der Waals surface area contributed by atoms with Crippen LogP contribution in [0.5, 0.6) is 0 Å². The van der Waals surface area contributed by atoms with Crippen LogP contribution >= 0.6 is 0 Å². The average molecular weight is 156 g/mol. The summed E-state index contributed by atoms with van der Waals surface area (Å²) in [4.78, 5) is 0. The molecule has 66 valence electrons. The molecule has 0 amide bonds. The summed E-state index contributed by atoms with van der Waals surface area (Å²) < 4.78 is 0. The Bertz CT molecular complexity index is 120. The largest absolute Gasteiger partial charge is 0.393 e. The van der Waals surface area contributed by atoms with E-state index in [1.165, 1.54) is 19.3 Å². The SMILES string of the molecule is CC1CCC(C(C)O)C(C)C1. The van der Waals surface area contributed by atoms with Crippen LogP contribution in [0.1, 0.15) is 40.0 Å². The average Bonchev–Trinajstić information content (AvgIpc) is 1.85. The van der Waals surface area contributed by atoms with Crippen molar-refractivity contribution in [3.63, 3.8) is 0 Å². The maximum absolute atomic E-state index is 9.43. The number of hydrogen-bond donors (Lipinski definition) is 1. The summed E-state index contributed by atoms with van der Waals surface area (Å²) in [6.07, 6.45) is 3.73. The molecule has 1 heteroatoms. The summed E-state index contributed by atoms with van der Waals surface area (Å²) in [6, 6.07) is 0. The molecule has 0 aromatic heterocycles. The second-order valence-corrected chi connectivity index (χ2v) is 4.30. The van der Waals surface area contributed by atoms with Gasteiger partial charge in [0.25, 0.3) is 0 Å². The van der Waals surface area contributed by atoms with Gasteiger partial charge in [0, 0.05) is 0 Å². The molecular formula is C10H20O. The first-order chi connectivity index (χ1) is 5.11. The monoisotopic (exact) mass is 156 g/mol. The molecule has 0 aromatic carbocycles. The Hall–Kier alpha value is -0.0400. The Morgan fingerprint density at radius 1 is 1.27 bits per heavy atom. The van der Waals surface area contributed by atoms with Gasteiger partial charge in [0.2, 0.25) is 0 Å². The molecule has 1 N–H and O–H groups in total. The first kappa shape index (κ1) is 9.05. The number of aliphatic hydroxyl groups is 1. The first-order valence-electron chi connectivity index (χ1n) is 4.79. The highest BCUT2D eigenvalue weighted by Gasteiger charge is 2.28. The van der Waals surface area contributed by atoms with Crippen molar-refractivity contribution in [3.05, 3.63) is 0 Å². The van der Waals surface area contributed by atoms with E-state index < -0.39 is 0 Å². The smallest absolute Gasteiger partial charge is 0.0542 e. The zero-order valence-electron chi connectivity index (χ0n) is 7.88. The minimum atomic E-state index is -0.0995. The molecule has 0 radical (unpaired) electrons. The van der Waals surface area contributed by atoms with Gasteiger partial charge in [-0.2, -0.15) is 0 Å². The molecule has 1 aliphatic rings. The predicted molar refractivity (Wildman–Crippen MR) is 47.3 cm³/mol. The lowest BCUT2D eigenvalue weighted by molar-refractivity contribution is 0.0548. The van der Waals surface area contributed by atoms with Crippen LogP contribution in [0.15, 0.2) is 0 Å². The van der Waals surface area contributed by atoms with Crippen molar-refractivity contribution >= 4 is 0 Å². The van der Waals surface area contributed by atoms with Gasteiger partial charge >= 0.3 is 0 Å². The van der Waals surface area contributed by atoms with Crippen molar-refractivity contribution in [2.75, 3.05) is 0 Å². The van der Waals surface area contributed by atoms with Gasteiger partial charge in [-0.25, -0.2) is 0 Å². The quantitative estimate of drug-likeness (QED) is 0.618. The highest BCUT2D eigenvalue weighted by atomic mass is 16.3. The van der Waals surface area contributed by atoms with Crippen molar-refractivity contribution < 1.29 is 5.11 Å². The molecular weight excluding hydrogens is 136 g/mol. The molecule has 0 saturated heterocycles. The predicted octanol–water partition coefficient (Wildman–Crippen LogP) is 2.44. The normalized spacial score (nSPS) is 42.0. The van der Waals surface area contributed by atoms with Crippen molar-refractivity contribution in [2.45, 2.75) is 46.1 Å². The van der Waals surface area contributed by atoms with Crippen LogP contribution in [-0.2, 0) is 0 Å². The van der Waals surface area contributed by atoms with Crippen LogP contribution in [0.3, 0.4) is 0 Å². The number of aliphatic hydroxyl groups excluding tert-OH is 1. The highest BCUT2D eigenvalue weighted by Crippen LogP contribution is 2.34. The van der Waals surface area contributed by atoms with Crippen molar-refractivity contribution in [3.8, 4) is 0 Å². The molecule has 1 fully saturated rings. The molecule has 4 atom stereocenters. The molecule has 11 heavy (non-hydrogen) atoms. The van der Waals surface area contributed by atoms with Gasteiger partial charge in [-0.1, -0.05) is 20.3 Å². The third-order valence-corrected chi connectivity index (χ3v) is 3.12. The minimum Gasteiger partial charge on any atom is -0.393 e. The molecule has 1 saturated carbocycles. The lowest BCUT2D eigenvalue weighted by Gasteiger charge is -2.34. The van der Waals surface area contributed by atoms with E-state index in [9.17, 15) is 5.11 Å². The van der Waals surface area contributed by atoms with Crippen LogP contribution in [0.2, 0.25) is 0 Å². The second kappa shape index (κ2) is 3.57. The Labute approximate surface area is 69.8 Å². The fourth-order valence-corrected chi connectivity index (χ4v) is 2.41. The first-order valence-corrected chi connectivity index (χ1v) is 4.79. The lowest BCUT2D eigenvalue weighted by atomic mass is 9.73. The lowest BCUT2D eigenvalue weighted by Crippen LogP contribution is -2.29. The summed E-state index contributed by atoms with van der Waals surface area (Å²) in [6.45, 7) is 6.51. The van der Waals surface area contributed by atoms with Gasteiger partial charge < -0.3 is 5.11 Å². The fourth-order valence-electron chi connectivity index (χ4n) is 2.41. The van der Waals surface area contributed by atoms with Crippen molar-refractivity contribution in [2.24, 2.45) is 17.8 Å². The van der Waals surface area contributed by atoms with Gasteiger partial charge in [-0.15, -0.1) is 0 Å². The van der Waals surface area contributed by atoms with Gasteiger partial charge in [0.1, 0.15) is 0 Å². The Morgan fingerprint density at radius 2 is 1.91 bits per heavy atom. The third-order valence-electron chi connectivity index (χ3n) is 3.12. The minimum absolute atomic E-state index is 0.0995. The maximum Gasteiger partial charge on any atom is 0.0542 e. The Balaban J connectivity index is 2.44. The zero-order valence-corrected chi connectivity index (χ0v) is 7.88. The molecule has 4 unspecified atom stereocenters. The molecule has 1 aliphatic carbocycles. The van der Waals surface area contributed by atoms with Gasteiger partial charge in [0.05, 0.1) is 6.10 Å². The van der Waals surface area contributed by atoms with Crippen LogP contribution < -0.4 is 0 Å². The van der Waals surface area contributed by atoms with E-state index in [1.807, 2.05) is 6.92 Å². The van der Waals surface area contributed by atoms with Crippen molar-refractivity contribution in [1.29, 1.82) is 0 Å². The van der Waals surface area contributed by atoms with Gasteiger partial charge in [-0.3, -0.25) is 0 Å². The van der Waals surface area contributed by atoms with E-state index in [0.717, 1.165) is 11.8 Å². The molecule has 1 nitrogen and oxygen atoms in total. The van der Waals surface area contributed by atoms with Crippen molar-refractivity contribution in [1.82, 2.24) is 0 Å². The second-order valence-electron chi connectivity index (χ2n) is 4.30. The van der Waals surface area contributed by atoms with Gasteiger partial charge in [0.15, 0.2) is 0 Å². The van der Waals surface area contributed by atoms with Crippen LogP contribution in [0.25, 0.3) is 0 Å². The molecule has 0 spiro atoms. The summed E-state index contributed by atoms with van der Waals surface area (Å²) >= 11 is 0. The molecule has 0 aliphatic heterocycles. The van der Waals surface area contributed by atoms with E-state index in [4.69, 9.17) is 0 Å². The van der Waals surface area contributed by atoms with Gasteiger partial charge in [-0.05, 0) is 37.5 Å². The number of rotatable bonds is 1. The Morgan fingerprint density at radius 3 is 2.36 bits per heavy atom. The van der Waals surface area contributed by atoms with Crippen LogP contribution in [0, 0.1) is 17.8 Å². The summed E-state index contributed by atoms with van der Waals surface area (Å²) in [5.74, 6) is 2.16. The highest BCUT2D eigenvalue weighted by molar-refractivity contribution is 4.78. The fraction of sp³-hybridized carbons (Fsp3) is 1.00. The van der Waals surface area contributed by atoms with E-state index in [2.05, 4.69) is 13.8 Å². The summed E-state index contributed by atoms with van der Waals surface area (Å²) in [7, 11) is 0. The van der Waals surface area contributed by atoms with Crippen LogP contribution in [0.4, 0.5) is 0 Å². The van der Waals surface area contributed by atoms with E-state index >= 15 is 0 Å². The standard InChI is InChI=1S/C10H20O/c1-7-4-5-10(9(3)11)8(2)6-7/h7-11H,4-6H2,1-3H3. The zero-order chi connectivity index (χ0) is 8.43. The Kier molecular flexibility index (Phi) is 2.94. The third kappa shape index (κ3) is 2.19. The molecule has 1 rings (SSSR count). The molecule has 0 heterocycles. The topological polar surface area (TPSA) is 20.2 Å². The van der Waals surface area contributed by atoms with E-state index in [-0.39, 0.29) is 6.10 Å².